The van der Waals surface area contributed by atoms with Gasteiger partial charge in [0.05, 0.1) is 28.7 Å². The van der Waals surface area contributed by atoms with Gasteiger partial charge in [0, 0.05) is 35.5 Å². The highest BCUT2D eigenvalue weighted by molar-refractivity contribution is 7.99. The Kier molecular flexibility index (Phi) is 12.3. The van der Waals surface area contributed by atoms with Crippen LogP contribution in [0.25, 0.3) is 10.9 Å². The zero-order chi connectivity index (χ0) is 35.8. The molecule has 5 atom stereocenters. The number of fused-ring (bicyclic) bond motifs is 1. The van der Waals surface area contributed by atoms with E-state index in [0.717, 1.165) is 16.0 Å². The van der Waals surface area contributed by atoms with E-state index in [0.29, 0.717) is 24.9 Å². The Bertz CT molecular complexity index is 1750. The first-order valence-electron chi connectivity index (χ1n) is 17.2. The lowest BCUT2D eigenvalue weighted by Gasteiger charge is -2.33. The molecule has 264 valence electrons. The maximum atomic E-state index is 13.9. The Labute approximate surface area is 298 Å². The zero-order valence-electron chi connectivity index (χ0n) is 29.4. The average molecular weight is 697 g/mol. The zero-order valence-corrected chi connectivity index (χ0v) is 30.2. The quantitative estimate of drug-likeness (QED) is 0.159. The number of amides is 3. The minimum absolute atomic E-state index is 0.0826. The molecule has 4 aromatic rings. The third-order valence-corrected chi connectivity index (χ3v) is 9.83. The van der Waals surface area contributed by atoms with Crippen LogP contribution in [0.2, 0.25) is 0 Å². The summed E-state index contributed by atoms with van der Waals surface area (Å²) in [7, 11) is 0. The molecule has 0 saturated carbocycles. The molecule has 1 aliphatic heterocycles. The maximum Gasteiger partial charge on any atom is 0.270 e. The van der Waals surface area contributed by atoms with Crippen LogP contribution in [0.15, 0.2) is 96.2 Å². The highest BCUT2D eigenvalue weighted by Crippen LogP contribution is 2.32. The number of nitrogens with one attached hydrogen (secondary N) is 3. The van der Waals surface area contributed by atoms with E-state index in [1.165, 1.54) is 0 Å². The molecule has 3 amide bonds. The molecular weight excluding hydrogens is 649 g/mol. The summed E-state index contributed by atoms with van der Waals surface area (Å²) >= 11 is 1.62. The molecule has 0 radical (unpaired) electrons. The fraction of sp³-hybridized carbons (Fsp3) is 0.410. The second-order valence-electron chi connectivity index (χ2n) is 14.3. The van der Waals surface area contributed by atoms with E-state index in [1.54, 1.807) is 24.0 Å². The standard InChI is InChI=1S/C39H48N6O4S/c1-25(2)35(43-36(47)30-19-18-27-15-9-10-16-29(27)41-30)38(49)42-31(21-26-13-7-6-8-14-26)33(46)24-45-23-28(50-34-17-11-12-20-40-34)22-32(45)37(48)44-39(3,4)5/h6-20,25,28,31-33,35,46H,21-24H2,1-5H3,(H,42,49)(H,43,47)(H,44,48)/t28-,31+,32+,33-,35+/m1/s1. The molecule has 0 spiro atoms. The summed E-state index contributed by atoms with van der Waals surface area (Å²) in [6.07, 6.45) is 1.69. The lowest BCUT2D eigenvalue weighted by Crippen LogP contribution is -2.57. The van der Waals surface area contributed by atoms with Gasteiger partial charge in [-0.25, -0.2) is 9.97 Å². The fourth-order valence-corrected chi connectivity index (χ4v) is 7.36. The minimum Gasteiger partial charge on any atom is -0.390 e. The van der Waals surface area contributed by atoms with Gasteiger partial charge in [0.1, 0.15) is 11.7 Å². The molecule has 0 unspecified atom stereocenters. The summed E-state index contributed by atoms with van der Waals surface area (Å²) < 4.78 is 0. The fourth-order valence-electron chi connectivity index (χ4n) is 6.20. The van der Waals surface area contributed by atoms with Crippen molar-refractivity contribution in [2.24, 2.45) is 5.92 Å². The molecule has 50 heavy (non-hydrogen) atoms. The van der Waals surface area contributed by atoms with Crippen LogP contribution in [0.5, 0.6) is 0 Å². The predicted molar refractivity (Wildman–Crippen MR) is 198 cm³/mol. The van der Waals surface area contributed by atoms with Crippen LogP contribution in [-0.4, -0.2) is 85.8 Å². The van der Waals surface area contributed by atoms with Gasteiger partial charge >= 0.3 is 0 Å². The van der Waals surface area contributed by atoms with Gasteiger partial charge in [0.15, 0.2) is 0 Å². The Hall–Kier alpha value is -4.32. The van der Waals surface area contributed by atoms with Crippen molar-refractivity contribution < 1.29 is 19.5 Å². The molecule has 3 heterocycles. The van der Waals surface area contributed by atoms with Gasteiger partial charge in [-0.1, -0.05) is 74.5 Å². The number of hydrogen-bond donors (Lipinski definition) is 4. The first-order chi connectivity index (χ1) is 23.9. The van der Waals surface area contributed by atoms with Crippen molar-refractivity contribution in [3.8, 4) is 0 Å². The van der Waals surface area contributed by atoms with E-state index in [-0.39, 0.29) is 29.3 Å². The summed E-state index contributed by atoms with van der Waals surface area (Å²) in [5, 5.41) is 22.8. The van der Waals surface area contributed by atoms with E-state index in [4.69, 9.17) is 0 Å². The number of benzene rings is 2. The number of pyridine rings is 2. The number of β-amino-alcohol motifs (C(OH)–C–C–N with tert-alkyl or cyclic N) is 1. The Balaban J connectivity index is 1.34. The molecule has 0 bridgehead atoms. The second kappa shape index (κ2) is 16.6. The summed E-state index contributed by atoms with van der Waals surface area (Å²) in [6, 6.07) is 24.4. The first kappa shape index (κ1) is 36.9. The number of carbonyl (C=O) groups is 3. The number of aromatic nitrogens is 2. The molecule has 0 aliphatic carbocycles. The van der Waals surface area contributed by atoms with E-state index >= 15 is 0 Å². The molecule has 10 nitrogen and oxygen atoms in total. The van der Waals surface area contributed by atoms with Crippen LogP contribution < -0.4 is 16.0 Å². The number of thioether (sulfide) groups is 1. The van der Waals surface area contributed by atoms with Crippen molar-refractivity contribution in [3.63, 3.8) is 0 Å². The number of aliphatic hydroxyl groups excluding tert-OH is 1. The monoisotopic (exact) mass is 696 g/mol. The number of hydrogen-bond acceptors (Lipinski definition) is 8. The topological polar surface area (TPSA) is 137 Å². The van der Waals surface area contributed by atoms with Gasteiger partial charge in [0.25, 0.3) is 5.91 Å². The number of nitrogens with zero attached hydrogens (tertiary/aromatic N) is 3. The largest absolute Gasteiger partial charge is 0.390 e. The van der Waals surface area contributed by atoms with Crippen molar-refractivity contribution in [2.75, 3.05) is 13.1 Å². The van der Waals surface area contributed by atoms with Crippen molar-refractivity contribution in [2.45, 2.75) is 87.5 Å². The average Bonchev–Trinajstić information content (AvgIpc) is 3.48. The number of aliphatic hydroxyl groups is 1. The van der Waals surface area contributed by atoms with Gasteiger partial charge in [-0.3, -0.25) is 19.3 Å². The van der Waals surface area contributed by atoms with Crippen LogP contribution in [-0.2, 0) is 16.0 Å². The third kappa shape index (κ3) is 10.1. The number of likely N-dealkylation sites (tertiary alicyclic amines) is 1. The Morgan fingerprint density at radius 3 is 2.36 bits per heavy atom. The van der Waals surface area contributed by atoms with Gasteiger partial charge in [-0.05, 0) is 69.4 Å². The first-order valence-corrected chi connectivity index (χ1v) is 18.1. The molecule has 1 fully saturated rings. The van der Waals surface area contributed by atoms with Gasteiger partial charge in [0.2, 0.25) is 11.8 Å². The van der Waals surface area contributed by atoms with E-state index in [2.05, 4.69) is 25.9 Å². The molecule has 1 aliphatic rings. The van der Waals surface area contributed by atoms with Crippen molar-refractivity contribution >= 4 is 40.4 Å². The van der Waals surface area contributed by atoms with E-state index in [1.807, 2.05) is 118 Å². The SMILES string of the molecule is CC(C)[C@H](NC(=O)c1ccc2ccccc2n1)C(=O)N[C@@H](Cc1ccccc1)[C@H](O)CN1C[C@H](Sc2ccccn2)C[C@H]1C(=O)NC(C)(C)C. The Morgan fingerprint density at radius 1 is 0.940 bits per heavy atom. The van der Waals surface area contributed by atoms with Crippen LogP contribution in [0.4, 0.5) is 0 Å². The molecule has 2 aromatic heterocycles. The van der Waals surface area contributed by atoms with Crippen LogP contribution >= 0.6 is 11.8 Å². The van der Waals surface area contributed by atoms with E-state index in [9.17, 15) is 19.5 Å². The van der Waals surface area contributed by atoms with Crippen LogP contribution in [0, 0.1) is 5.92 Å². The van der Waals surface area contributed by atoms with Crippen LogP contribution in [0.3, 0.4) is 0 Å². The molecule has 4 N–H and O–H groups in total. The van der Waals surface area contributed by atoms with Gasteiger partial charge in [-0.2, -0.15) is 0 Å². The summed E-state index contributed by atoms with van der Waals surface area (Å²) in [5.74, 6) is -1.20. The molecular formula is C39H48N6O4S. The third-order valence-electron chi connectivity index (χ3n) is 8.67. The van der Waals surface area contributed by atoms with Gasteiger partial charge < -0.3 is 21.1 Å². The maximum absolute atomic E-state index is 13.9. The van der Waals surface area contributed by atoms with E-state index < -0.39 is 41.6 Å². The molecule has 11 heteroatoms. The van der Waals surface area contributed by atoms with Crippen molar-refractivity contribution in [1.82, 2.24) is 30.8 Å². The lowest BCUT2D eigenvalue weighted by molar-refractivity contribution is -0.128. The van der Waals surface area contributed by atoms with Crippen molar-refractivity contribution in [1.29, 1.82) is 0 Å². The summed E-state index contributed by atoms with van der Waals surface area (Å²) in [6.45, 7) is 10.3. The number of rotatable bonds is 13. The summed E-state index contributed by atoms with van der Waals surface area (Å²) in [4.78, 5) is 51.8. The molecule has 1 saturated heterocycles. The van der Waals surface area contributed by atoms with Crippen LogP contribution in [0.1, 0.15) is 57.1 Å². The number of para-hydroxylation sites is 1. The van der Waals surface area contributed by atoms with Gasteiger partial charge in [-0.15, -0.1) is 11.8 Å². The summed E-state index contributed by atoms with van der Waals surface area (Å²) in [5.41, 5.74) is 1.42. The molecule has 5 rings (SSSR count). The Morgan fingerprint density at radius 2 is 1.66 bits per heavy atom. The normalized spacial score (nSPS) is 18.4. The smallest absolute Gasteiger partial charge is 0.270 e. The molecule has 2 aromatic carbocycles. The minimum atomic E-state index is -1.02. The second-order valence-corrected chi connectivity index (χ2v) is 15.6. The highest BCUT2D eigenvalue weighted by Gasteiger charge is 2.40. The number of carbonyl (C=O) groups excluding carboxylic acids is 3. The van der Waals surface area contributed by atoms with Crippen molar-refractivity contribution in [3.05, 3.63) is 102 Å². The lowest BCUT2D eigenvalue weighted by atomic mass is 9.98. The highest BCUT2D eigenvalue weighted by atomic mass is 32.2. The predicted octanol–water partition coefficient (Wildman–Crippen LogP) is 4.62.